The summed E-state index contributed by atoms with van der Waals surface area (Å²) in [7, 11) is 0. The summed E-state index contributed by atoms with van der Waals surface area (Å²) < 4.78 is 5.20. The van der Waals surface area contributed by atoms with Crippen LogP contribution in [0, 0.1) is 0 Å². The second-order valence-corrected chi connectivity index (χ2v) is 4.84. The van der Waals surface area contributed by atoms with E-state index in [1.54, 1.807) is 12.1 Å². The van der Waals surface area contributed by atoms with Gasteiger partial charge in [-0.3, -0.25) is 0 Å². The van der Waals surface area contributed by atoms with Gasteiger partial charge in [0.1, 0.15) is 6.61 Å². The molecule has 102 valence electrons. The zero-order valence-corrected chi connectivity index (χ0v) is 12.0. The standard InChI is InChI=1S/C17H22O2/c1-14(2)8-7-9-15(3)12-13-19-17(18)16-10-5-4-6-11-16/h4-6,8,10-12H,7,9,13H2,1-3H3/b15-12-. The van der Waals surface area contributed by atoms with Crippen LogP contribution in [-0.2, 0) is 4.74 Å². The SMILES string of the molecule is CC(C)=CCC/C(C)=C\COC(=O)c1ccccc1. The molecule has 0 saturated carbocycles. The van der Waals surface area contributed by atoms with Crippen molar-refractivity contribution in [3.05, 3.63) is 59.2 Å². The Hall–Kier alpha value is -1.83. The summed E-state index contributed by atoms with van der Waals surface area (Å²) in [6.45, 7) is 6.60. The number of benzene rings is 1. The van der Waals surface area contributed by atoms with Crippen LogP contribution in [0.4, 0.5) is 0 Å². The molecule has 0 saturated heterocycles. The van der Waals surface area contributed by atoms with Crippen molar-refractivity contribution in [2.24, 2.45) is 0 Å². The van der Waals surface area contributed by atoms with Gasteiger partial charge in [0.25, 0.3) is 0 Å². The van der Waals surface area contributed by atoms with Crippen molar-refractivity contribution >= 4 is 5.97 Å². The number of hydrogen-bond donors (Lipinski definition) is 0. The fraction of sp³-hybridized carbons (Fsp3) is 0.353. The van der Waals surface area contributed by atoms with Crippen LogP contribution in [0.3, 0.4) is 0 Å². The zero-order valence-electron chi connectivity index (χ0n) is 12.0. The lowest BCUT2D eigenvalue weighted by atomic mass is 10.1. The minimum Gasteiger partial charge on any atom is -0.458 e. The first-order valence-corrected chi connectivity index (χ1v) is 6.61. The number of esters is 1. The first-order valence-electron chi connectivity index (χ1n) is 6.61. The van der Waals surface area contributed by atoms with Crippen LogP contribution in [0.5, 0.6) is 0 Å². The lowest BCUT2D eigenvalue weighted by molar-refractivity contribution is 0.0549. The second kappa shape index (κ2) is 8.30. The predicted octanol–water partition coefficient (Wildman–Crippen LogP) is 4.54. The van der Waals surface area contributed by atoms with Gasteiger partial charge in [0.2, 0.25) is 0 Å². The molecule has 0 radical (unpaired) electrons. The van der Waals surface area contributed by atoms with Crippen LogP contribution in [-0.4, -0.2) is 12.6 Å². The van der Waals surface area contributed by atoms with Gasteiger partial charge in [0, 0.05) is 0 Å². The van der Waals surface area contributed by atoms with Crippen molar-refractivity contribution in [3.8, 4) is 0 Å². The Balaban J connectivity index is 2.33. The molecule has 0 aromatic heterocycles. The van der Waals surface area contributed by atoms with E-state index in [0.717, 1.165) is 12.8 Å². The Morgan fingerprint density at radius 1 is 1.11 bits per heavy atom. The molecule has 0 heterocycles. The summed E-state index contributed by atoms with van der Waals surface area (Å²) in [5, 5.41) is 0. The number of carbonyl (C=O) groups is 1. The van der Waals surface area contributed by atoms with E-state index < -0.39 is 0 Å². The molecule has 0 fully saturated rings. The van der Waals surface area contributed by atoms with Crippen LogP contribution in [0.15, 0.2) is 53.6 Å². The average Bonchev–Trinajstić information content (AvgIpc) is 2.39. The van der Waals surface area contributed by atoms with E-state index in [0.29, 0.717) is 12.2 Å². The molecule has 0 bridgehead atoms. The molecule has 0 atom stereocenters. The number of ether oxygens (including phenoxy) is 1. The van der Waals surface area contributed by atoms with Crippen LogP contribution >= 0.6 is 0 Å². The third-order valence-corrected chi connectivity index (χ3v) is 2.75. The van der Waals surface area contributed by atoms with Gasteiger partial charge in [-0.2, -0.15) is 0 Å². The number of rotatable bonds is 6. The first kappa shape index (κ1) is 15.2. The van der Waals surface area contributed by atoms with Gasteiger partial charge in [-0.25, -0.2) is 4.79 Å². The molecule has 2 nitrogen and oxygen atoms in total. The van der Waals surface area contributed by atoms with E-state index in [1.165, 1.54) is 11.1 Å². The van der Waals surface area contributed by atoms with Crippen molar-refractivity contribution in [2.75, 3.05) is 6.61 Å². The van der Waals surface area contributed by atoms with Gasteiger partial charge in [0.15, 0.2) is 0 Å². The minimum atomic E-state index is -0.269. The monoisotopic (exact) mass is 258 g/mol. The van der Waals surface area contributed by atoms with Crippen LogP contribution in [0.1, 0.15) is 44.0 Å². The summed E-state index contributed by atoms with van der Waals surface area (Å²) in [4.78, 5) is 11.7. The molecule has 0 aliphatic rings. The molecule has 2 heteroatoms. The molecule has 19 heavy (non-hydrogen) atoms. The van der Waals surface area contributed by atoms with Gasteiger partial charge in [-0.15, -0.1) is 0 Å². The van der Waals surface area contributed by atoms with E-state index in [2.05, 4.69) is 26.8 Å². The Labute approximate surface area is 115 Å². The number of carbonyl (C=O) groups excluding carboxylic acids is 1. The van der Waals surface area contributed by atoms with Gasteiger partial charge in [0.05, 0.1) is 5.56 Å². The Bertz CT molecular complexity index is 451. The zero-order chi connectivity index (χ0) is 14.1. The minimum absolute atomic E-state index is 0.269. The van der Waals surface area contributed by atoms with E-state index in [9.17, 15) is 4.79 Å². The Morgan fingerprint density at radius 2 is 1.79 bits per heavy atom. The molecule has 0 aliphatic carbocycles. The molecule has 0 amide bonds. The first-order chi connectivity index (χ1) is 9.09. The Morgan fingerprint density at radius 3 is 2.42 bits per heavy atom. The lowest BCUT2D eigenvalue weighted by Crippen LogP contribution is -2.04. The topological polar surface area (TPSA) is 26.3 Å². The maximum atomic E-state index is 11.7. The summed E-state index contributed by atoms with van der Waals surface area (Å²) in [5.74, 6) is -0.269. The molecular weight excluding hydrogens is 236 g/mol. The van der Waals surface area contributed by atoms with Gasteiger partial charge in [-0.05, 0) is 51.8 Å². The smallest absolute Gasteiger partial charge is 0.338 e. The largest absolute Gasteiger partial charge is 0.458 e. The molecule has 1 aromatic carbocycles. The average molecular weight is 258 g/mol. The van der Waals surface area contributed by atoms with Gasteiger partial charge >= 0.3 is 5.97 Å². The van der Waals surface area contributed by atoms with Gasteiger partial charge < -0.3 is 4.74 Å². The molecule has 0 unspecified atom stereocenters. The highest BCUT2D eigenvalue weighted by molar-refractivity contribution is 5.89. The quantitative estimate of drug-likeness (QED) is 0.553. The third-order valence-electron chi connectivity index (χ3n) is 2.75. The van der Waals surface area contributed by atoms with Crippen molar-refractivity contribution in [3.63, 3.8) is 0 Å². The third kappa shape index (κ3) is 6.61. The van der Waals surface area contributed by atoms with E-state index in [4.69, 9.17) is 4.74 Å². The summed E-state index contributed by atoms with van der Waals surface area (Å²) in [6, 6.07) is 9.06. The maximum Gasteiger partial charge on any atom is 0.338 e. The van der Waals surface area contributed by atoms with Gasteiger partial charge in [-0.1, -0.05) is 35.4 Å². The molecule has 0 N–H and O–H groups in total. The summed E-state index contributed by atoms with van der Waals surface area (Å²) >= 11 is 0. The van der Waals surface area contributed by atoms with Crippen molar-refractivity contribution in [1.29, 1.82) is 0 Å². The highest BCUT2D eigenvalue weighted by atomic mass is 16.5. The van der Waals surface area contributed by atoms with Crippen LogP contribution < -0.4 is 0 Å². The molecule has 0 aliphatic heterocycles. The normalized spacial score (nSPS) is 11.0. The fourth-order valence-corrected chi connectivity index (χ4v) is 1.61. The number of hydrogen-bond acceptors (Lipinski definition) is 2. The highest BCUT2D eigenvalue weighted by Gasteiger charge is 2.03. The molecule has 1 aromatic rings. The maximum absolute atomic E-state index is 11.7. The summed E-state index contributed by atoms with van der Waals surface area (Å²) in [5.41, 5.74) is 3.18. The van der Waals surface area contributed by atoms with Crippen molar-refractivity contribution in [2.45, 2.75) is 33.6 Å². The van der Waals surface area contributed by atoms with E-state index in [-0.39, 0.29) is 5.97 Å². The molecular formula is C17H22O2. The molecule has 1 rings (SSSR count). The fourth-order valence-electron chi connectivity index (χ4n) is 1.61. The summed E-state index contributed by atoms with van der Waals surface area (Å²) in [6.07, 6.45) is 6.23. The van der Waals surface area contributed by atoms with E-state index >= 15 is 0 Å². The van der Waals surface area contributed by atoms with Crippen molar-refractivity contribution in [1.82, 2.24) is 0 Å². The van der Waals surface area contributed by atoms with Crippen molar-refractivity contribution < 1.29 is 9.53 Å². The Kier molecular flexibility index (Phi) is 6.65. The van der Waals surface area contributed by atoms with Crippen LogP contribution in [0.25, 0.3) is 0 Å². The highest BCUT2D eigenvalue weighted by Crippen LogP contribution is 2.07. The lowest BCUT2D eigenvalue weighted by Gasteiger charge is -2.03. The number of allylic oxidation sites excluding steroid dienone is 3. The van der Waals surface area contributed by atoms with E-state index in [1.807, 2.05) is 24.3 Å². The predicted molar refractivity (Wildman–Crippen MR) is 79.1 cm³/mol. The van der Waals surface area contributed by atoms with Crippen LogP contribution in [0.2, 0.25) is 0 Å². The molecule has 0 spiro atoms. The second-order valence-electron chi connectivity index (χ2n) is 4.84.